The molecule has 1 aromatic heterocycles. The average molecular weight is 344 g/mol. The van der Waals surface area contributed by atoms with Crippen molar-refractivity contribution in [2.45, 2.75) is 0 Å². The Morgan fingerprint density at radius 3 is 2.78 bits per heavy atom. The molecule has 0 saturated carbocycles. The van der Waals surface area contributed by atoms with Gasteiger partial charge in [-0.25, -0.2) is 4.98 Å². The van der Waals surface area contributed by atoms with E-state index < -0.39 is 0 Å². The van der Waals surface area contributed by atoms with Crippen molar-refractivity contribution < 1.29 is 4.74 Å². The lowest BCUT2D eigenvalue weighted by Gasteiger charge is -2.07. The Kier molecular flexibility index (Phi) is 4.16. The highest BCUT2D eigenvalue weighted by Crippen LogP contribution is 2.30. The summed E-state index contributed by atoms with van der Waals surface area (Å²) in [6.07, 6.45) is 0. The van der Waals surface area contributed by atoms with E-state index in [0.717, 1.165) is 4.47 Å². The predicted molar refractivity (Wildman–Crippen MR) is 79.4 cm³/mol. The van der Waals surface area contributed by atoms with Gasteiger partial charge in [0, 0.05) is 10.5 Å². The van der Waals surface area contributed by atoms with Crippen LogP contribution in [0.15, 0.2) is 40.9 Å². The lowest BCUT2D eigenvalue weighted by atomic mass is 10.3. The summed E-state index contributed by atoms with van der Waals surface area (Å²) in [5, 5.41) is 0.493. The second kappa shape index (κ2) is 5.65. The average Bonchev–Trinajstić information content (AvgIpc) is 2.33. The van der Waals surface area contributed by atoms with Crippen molar-refractivity contribution in [3.8, 4) is 11.6 Å². The number of thiocarbonyl (C=S) groups is 1. The maximum absolute atomic E-state index is 6.05. The highest BCUT2D eigenvalue weighted by Gasteiger charge is 2.06. The van der Waals surface area contributed by atoms with Crippen LogP contribution in [0.4, 0.5) is 0 Å². The SMILES string of the molecule is NC(=S)c1cccc(Oc2ccc(Br)cc2Cl)n1. The largest absolute Gasteiger partial charge is 0.437 e. The highest BCUT2D eigenvalue weighted by molar-refractivity contribution is 9.10. The van der Waals surface area contributed by atoms with Gasteiger partial charge in [0.15, 0.2) is 0 Å². The van der Waals surface area contributed by atoms with E-state index in [2.05, 4.69) is 20.9 Å². The number of pyridine rings is 1. The maximum atomic E-state index is 6.05. The minimum absolute atomic E-state index is 0.224. The van der Waals surface area contributed by atoms with Crippen LogP contribution >= 0.6 is 39.7 Å². The van der Waals surface area contributed by atoms with Crippen LogP contribution in [-0.2, 0) is 0 Å². The molecule has 2 aromatic rings. The summed E-state index contributed by atoms with van der Waals surface area (Å²) in [6, 6.07) is 10.5. The molecule has 0 radical (unpaired) electrons. The first-order valence-corrected chi connectivity index (χ1v) is 6.54. The van der Waals surface area contributed by atoms with Gasteiger partial charge in [0.05, 0.1) is 5.02 Å². The van der Waals surface area contributed by atoms with E-state index in [1.165, 1.54) is 0 Å². The Morgan fingerprint density at radius 1 is 1.33 bits per heavy atom. The topological polar surface area (TPSA) is 48.1 Å². The number of hydrogen-bond donors (Lipinski definition) is 1. The molecule has 2 rings (SSSR count). The molecule has 0 amide bonds. The van der Waals surface area contributed by atoms with Crippen molar-refractivity contribution in [1.82, 2.24) is 4.98 Å². The molecule has 0 atom stereocenters. The fourth-order valence-electron chi connectivity index (χ4n) is 1.28. The van der Waals surface area contributed by atoms with Crippen LogP contribution in [0.1, 0.15) is 5.69 Å². The minimum atomic E-state index is 0.224. The van der Waals surface area contributed by atoms with Gasteiger partial charge in [-0.05, 0) is 24.3 Å². The zero-order valence-corrected chi connectivity index (χ0v) is 12.2. The van der Waals surface area contributed by atoms with Gasteiger partial charge >= 0.3 is 0 Å². The van der Waals surface area contributed by atoms with Gasteiger partial charge in [-0.2, -0.15) is 0 Å². The maximum Gasteiger partial charge on any atom is 0.219 e. The van der Waals surface area contributed by atoms with Gasteiger partial charge in [0.25, 0.3) is 0 Å². The van der Waals surface area contributed by atoms with Gasteiger partial charge in [0.1, 0.15) is 16.4 Å². The second-order valence-corrected chi connectivity index (χ2v) is 5.16. The number of nitrogens with zero attached hydrogens (tertiary/aromatic N) is 1. The summed E-state index contributed by atoms with van der Waals surface area (Å²) in [5.74, 6) is 0.914. The minimum Gasteiger partial charge on any atom is -0.437 e. The third-order valence-electron chi connectivity index (χ3n) is 2.08. The van der Waals surface area contributed by atoms with Gasteiger partial charge in [-0.15, -0.1) is 0 Å². The molecule has 0 aliphatic heterocycles. The summed E-state index contributed by atoms with van der Waals surface area (Å²) < 4.78 is 6.46. The van der Waals surface area contributed by atoms with E-state index in [0.29, 0.717) is 22.3 Å². The second-order valence-electron chi connectivity index (χ2n) is 3.40. The van der Waals surface area contributed by atoms with Crippen molar-refractivity contribution in [2.75, 3.05) is 0 Å². The van der Waals surface area contributed by atoms with Crippen molar-refractivity contribution in [1.29, 1.82) is 0 Å². The molecule has 0 fully saturated rings. The van der Waals surface area contributed by atoms with Crippen LogP contribution < -0.4 is 10.5 Å². The van der Waals surface area contributed by atoms with Crippen LogP contribution in [0, 0.1) is 0 Å². The number of aromatic nitrogens is 1. The van der Waals surface area contributed by atoms with Crippen LogP contribution in [0.3, 0.4) is 0 Å². The monoisotopic (exact) mass is 342 g/mol. The molecule has 3 nitrogen and oxygen atoms in total. The van der Waals surface area contributed by atoms with E-state index >= 15 is 0 Å². The molecule has 1 aromatic carbocycles. The molecular formula is C12H8BrClN2OS. The lowest BCUT2D eigenvalue weighted by Crippen LogP contribution is -2.11. The Balaban J connectivity index is 2.28. The first-order valence-electron chi connectivity index (χ1n) is 4.96. The fraction of sp³-hybridized carbons (Fsp3) is 0. The molecule has 18 heavy (non-hydrogen) atoms. The van der Waals surface area contributed by atoms with Crippen molar-refractivity contribution in [3.05, 3.63) is 51.6 Å². The normalized spacial score (nSPS) is 10.1. The Labute approximate surface area is 123 Å². The summed E-state index contributed by atoms with van der Waals surface area (Å²) in [5.41, 5.74) is 6.02. The number of nitrogens with two attached hydrogens (primary N) is 1. The number of benzene rings is 1. The third kappa shape index (κ3) is 3.19. The Morgan fingerprint density at radius 2 is 2.11 bits per heavy atom. The highest BCUT2D eigenvalue weighted by atomic mass is 79.9. The smallest absolute Gasteiger partial charge is 0.219 e. The van der Waals surface area contributed by atoms with E-state index in [1.54, 1.807) is 30.3 Å². The first-order chi connectivity index (χ1) is 8.56. The molecular weight excluding hydrogens is 336 g/mol. The van der Waals surface area contributed by atoms with Gasteiger partial charge in [-0.3, -0.25) is 0 Å². The summed E-state index contributed by atoms with van der Waals surface area (Å²) >= 11 is 14.2. The molecule has 0 unspecified atom stereocenters. The zero-order valence-electron chi connectivity index (χ0n) is 9.06. The van der Waals surface area contributed by atoms with Crippen molar-refractivity contribution in [2.24, 2.45) is 5.73 Å². The number of rotatable bonds is 3. The standard InChI is InChI=1S/C12H8BrClN2OS/c13-7-4-5-10(8(14)6-7)17-11-3-1-2-9(16-11)12(15)18/h1-6H,(H2,15,18). The van der Waals surface area contributed by atoms with Crippen LogP contribution in [-0.4, -0.2) is 9.97 Å². The fourth-order valence-corrected chi connectivity index (χ4v) is 2.11. The number of hydrogen-bond acceptors (Lipinski definition) is 3. The van der Waals surface area contributed by atoms with Crippen molar-refractivity contribution >= 4 is 44.7 Å². The molecule has 0 spiro atoms. The van der Waals surface area contributed by atoms with E-state index in [4.69, 9.17) is 34.3 Å². The quantitative estimate of drug-likeness (QED) is 0.858. The van der Waals surface area contributed by atoms with E-state index in [1.807, 2.05) is 6.07 Å². The first kappa shape index (κ1) is 13.3. The van der Waals surface area contributed by atoms with Crippen LogP contribution in [0.25, 0.3) is 0 Å². The van der Waals surface area contributed by atoms with Gasteiger partial charge in [0.2, 0.25) is 5.88 Å². The van der Waals surface area contributed by atoms with Gasteiger partial charge < -0.3 is 10.5 Å². The molecule has 0 saturated heterocycles. The van der Waals surface area contributed by atoms with Crippen molar-refractivity contribution in [3.63, 3.8) is 0 Å². The summed E-state index contributed by atoms with van der Waals surface area (Å²) in [7, 11) is 0. The Hall–Kier alpha value is -1.17. The van der Waals surface area contributed by atoms with Crippen LogP contribution in [0.2, 0.25) is 5.02 Å². The van der Waals surface area contributed by atoms with Gasteiger partial charge in [-0.1, -0.05) is 45.8 Å². The molecule has 0 aliphatic carbocycles. The lowest BCUT2D eigenvalue weighted by molar-refractivity contribution is 0.463. The third-order valence-corrected chi connectivity index (χ3v) is 3.08. The molecule has 0 bridgehead atoms. The predicted octanol–water partition coefficient (Wildman–Crippen LogP) is 3.92. The van der Waals surface area contributed by atoms with E-state index in [-0.39, 0.29) is 4.99 Å². The molecule has 0 aliphatic rings. The molecule has 1 heterocycles. The summed E-state index contributed by atoms with van der Waals surface area (Å²) in [6.45, 7) is 0. The number of halogens is 2. The molecule has 6 heteroatoms. The molecule has 92 valence electrons. The Bertz CT molecular complexity index is 606. The van der Waals surface area contributed by atoms with Crippen LogP contribution in [0.5, 0.6) is 11.6 Å². The van der Waals surface area contributed by atoms with E-state index in [9.17, 15) is 0 Å². The summed E-state index contributed by atoms with van der Waals surface area (Å²) in [4.78, 5) is 4.40. The number of ether oxygens (including phenoxy) is 1. The zero-order chi connectivity index (χ0) is 13.1. The molecule has 2 N–H and O–H groups in total.